The first-order valence-corrected chi connectivity index (χ1v) is 7.19. The summed E-state index contributed by atoms with van der Waals surface area (Å²) in [4.78, 5) is 17.4. The van der Waals surface area contributed by atoms with Gasteiger partial charge in [0.1, 0.15) is 0 Å². The molecule has 1 aromatic carbocycles. The highest BCUT2D eigenvalue weighted by Crippen LogP contribution is 2.38. The third-order valence-electron chi connectivity index (χ3n) is 2.63. The van der Waals surface area contributed by atoms with E-state index in [2.05, 4.69) is 25.3 Å². The van der Waals surface area contributed by atoms with Crippen molar-refractivity contribution in [1.29, 1.82) is 0 Å². The van der Waals surface area contributed by atoms with Crippen LogP contribution in [0.25, 0.3) is 0 Å². The zero-order chi connectivity index (χ0) is 13.1. The van der Waals surface area contributed by atoms with Crippen molar-refractivity contribution in [2.45, 2.75) is 39.7 Å². The van der Waals surface area contributed by atoms with E-state index < -0.39 is 7.82 Å². The fourth-order valence-electron chi connectivity index (χ4n) is 2.00. The van der Waals surface area contributed by atoms with Gasteiger partial charge in [0, 0.05) is 0 Å². The van der Waals surface area contributed by atoms with Crippen LogP contribution in [0.1, 0.15) is 43.4 Å². The Morgan fingerprint density at radius 1 is 1.29 bits per heavy atom. The van der Waals surface area contributed by atoms with Gasteiger partial charge in [-0.1, -0.05) is 39.0 Å². The molecule has 0 saturated carbocycles. The number of rotatable bonds is 5. The first-order valence-electron chi connectivity index (χ1n) is 5.66. The molecule has 1 rings (SSSR count). The van der Waals surface area contributed by atoms with Crippen LogP contribution >= 0.6 is 7.82 Å². The minimum Gasteiger partial charge on any atom is -0.303 e. The first-order chi connectivity index (χ1) is 7.85. The molecule has 0 amide bonds. The summed E-state index contributed by atoms with van der Waals surface area (Å²) < 4.78 is 15.3. The first kappa shape index (κ1) is 14.4. The van der Waals surface area contributed by atoms with Crippen LogP contribution in [-0.2, 0) is 22.1 Å². The average molecular weight is 258 g/mol. The molecule has 5 heteroatoms. The number of hydrogen-bond acceptors (Lipinski definition) is 2. The van der Waals surface area contributed by atoms with Crippen molar-refractivity contribution >= 4 is 7.82 Å². The van der Waals surface area contributed by atoms with Crippen molar-refractivity contribution in [2.75, 3.05) is 0 Å². The van der Waals surface area contributed by atoms with Crippen LogP contribution in [0.2, 0.25) is 0 Å². The van der Waals surface area contributed by atoms with E-state index >= 15 is 0 Å². The summed E-state index contributed by atoms with van der Waals surface area (Å²) in [5, 5.41) is 0. The van der Waals surface area contributed by atoms with Crippen molar-refractivity contribution < 1.29 is 18.9 Å². The summed E-state index contributed by atoms with van der Waals surface area (Å²) in [7, 11) is -4.40. The summed E-state index contributed by atoms with van der Waals surface area (Å²) in [6, 6.07) is 5.78. The van der Waals surface area contributed by atoms with Gasteiger partial charge in [0.25, 0.3) is 0 Å². The SMILES string of the molecule is CCc1cccc(COP(=O)(O)O)c1C(C)C. The molecule has 0 heterocycles. The number of hydrogen-bond donors (Lipinski definition) is 2. The van der Waals surface area contributed by atoms with E-state index in [1.165, 1.54) is 5.56 Å². The Labute approximate surface area is 102 Å². The second kappa shape index (κ2) is 5.78. The van der Waals surface area contributed by atoms with Gasteiger partial charge in [0.05, 0.1) is 6.61 Å². The Kier molecular flexibility index (Phi) is 4.90. The van der Waals surface area contributed by atoms with E-state index in [1.54, 1.807) is 0 Å². The van der Waals surface area contributed by atoms with Gasteiger partial charge in [-0.05, 0) is 29.0 Å². The van der Waals surface area contributed by atoms with Gasteiger partial charge >= 0.3 is 7.82 Å². The quantitative estimate of drug-likeness (QED) is 0.797. The predicted molar refractivity (Wildman–Crippen MR) is 66.7 cm³/mol. The minimum absolute atomic E-state index is 0.0500. The highest BCUT2D eigenvalue weighted by Gasteiger charge is 2.17. The second-order valence-electron chi connectivity index (χ2n) is 4.26. The molecule has 0 radical (unpaired) electrons. The summed E-state index contributed by atoms with van der Waals surface area (Å²) in [5.41, 5.74) is 3.18. The molecule has 0 unspecified atom stereocenters. The lowest BCUT2D eigenvalue weighted by Crippen LogP contribution is -2.03. The summed E-state index contributed by atoms with van der Waals surface area (Å²) in [5.74, 6) is 0.307. The van der Waals surface area contributed by atoms with Crippen LogP contribution in [0.4, 0.5) is 0 Å². The van der Waals surface area contributed by atoms with Crippen LogP contribution in [0.15, 0.2) is 18.2 Å². The highest BCUT2D eigenvalue weighted by molar-refractivity contribution is 7.46. The molecule has 0 aliphatic heterocycles. The maximum absolute atomic E-state index is 10.7. The van der Waals surface area contributed by atoms with E-state index in [0.29, 0.717) is 5.92 Å². The Morgan fingerprint density at radius 2 is 1.88 bits per heavy atom. The van der Waals surface area contributed by atoms with Gasteiger partial charge in [-0.25, -0.2) is 4.57 Å². The predicted octanol–water partition coefficient (Wildman–Crippen LogP) is 2.98. The molecule has 17 heavy (non-hydrogen) atoms. The molecule has 0 aliphatic carbocycles. The molecule has 0 fully saturated rings. The Balaban J connectivity index is 3.02. The monoisotopic (exact) mass is 258 g/mol. The lowest BCUT2D eigenvalue weighted by Gasteiger charge is -2.17. The maximum Gasteiger partial charge on any atom is 0.469 e. The third kappa shape index (κ3) is 4.25. The third-order valence-corrected chi connectivity index (χ3v) is 3.10. The fraction of sp³-hybridized carbons (Fsp3) is 0.500. The Morgan fingerprint density at radius 3 is 2.35 bits per heavy atom. The zero-order valence-electron chi connectivity index (χ0n) is 10.4. The van der Waals surface area contributed by atoms with Crippen molar-refractivity contribution in [3.8, 4) is 0 Å². The van der Waals surface area contributed by atoms with Gasteiger partial charge in [-0.3, -0.25) is 4.52 Å². The van der Waals surface area contributed by atoms with E-state index in [0.717, 1.165) is 17.5 Å². The highest BCUT2D eigenvalue weighted by atomic mass is 31.2. The fourth-order valence-corrected chi connectivity index (χ4v) is 2.30. The Bertz CT molecular complexity index is 423. The van der Waals surface area contributed by atoms with Crippen LogP contribution in [0.3, 0.4) is 0 Å². The van der Waals surface area contributed by atoms with E-state index in [1.807, 2.05) is 18.2 Å². The lowest BCUT2D eigenvalue weighted by molar-refractivity contribution is 0.188. The number of phosphoric acid groups is 1. The molecule has 0 atom stereocenters. The van der Waals surface area contributed by atoms with Gasteiger partial charge in [0.2, 0.25) is 0 Å². The van der Waals surface area contributed by atoms with Crippen LogP contribution in [0, 0.1) is 0 Å². The van der Waals surface area contributed by atoms with Crippen molar-refractivity contribution in [1.82, 2.24) is 0 Å². The molecule has 0 bridgehead atoms. The number of benzene rings is 1. The van der Waals surface area contributed by atoms with Gasteiger partial charge in [-0.2, -0.15) is 0 Å². The maximum atomic E-state index is 10.7. The molecule has 2 N–H and O–H groups in total. The molecule has 96 valence electrons. The minimum atomic E-state index is -4.40. The van der Waals surface area contributed by atoms with Gasteiger partial charge in [0.15, 0.2) is 0 Å². The molecule has 4 nitrogen and oxygen atoms in total. The van der Waals surface area contributed by atoms with Crippen molar-refractivity contribution in [3.05, 3.63) is 34.9 Å². The zero-order valence-corrected chi connectivity index (χ0v) is 11.3. The van der Waals surface area contributed by atoms with Gasteiger partial charge < -0.3 is 9.79 Å². The van der Waals surface area contributed by atoms with Gasteiger partial charge in [-0.15, -0.1) is 0 Å². The van der Waals surface area contributed by atoms with E-state index in [-0.39, 0.29) is 6.61 Å². The number of phosphoric ester groups is 1. The van der Waals surface area contributed by atoms with Crippen molar-refractivity contribution in [3.63, 3.8) is 0 Å². The molecule has 0 saturated heterocycles. The molecule has 1 aromatic rings. The van der Waals surface area contributed by atoms with Crippen LogP contribution in [-0.4, -0.2) is 9.79 Å². The average Bonchev–Trinajstić information content (AvgIpc) is 2.24. The summed E-state index contributed by atoms with van der Waals surface area (Å²) in [6.07, 6.45) is 0.900. The Hall–Kier alpha value is -0.670. The van der Waals surface area contributed by atoms with Crippen LogP contribution < -0.4 is 0 Å². The molecule has 0 spiro atoms. The second-order valence-corrected chi connectivity index (χ2v) is 5.50. The molecular weight excluding hydrogens is 239 g/mol. The molecular formula is C12H19O4P. The normalized spacial score (nSPS) is 12.1. The van der Waals surface area contributed by atoms with Crippen LogP contribution in [0.5, 0.6) is 0 Å². The molecule has 0 aliphatic rings. The lowest BCUT2D eigenvalue weighted by atomic mass is 9.91. The summed E-state index contributed by atoms with van der Waals surface area (Å²) >= 11 is 0. The smallest absolute Gasteiger partial charge is 0.303 e. The van der Waals surface area contributed by atoms with E-state index in [4.69, 9.17) is 9.79 Å². The molecule has 0 aromatic heterocycles. The largest absolute Gasteiger partial charge is 0.469 e. The summed E-state index contributed by atoms with van der Waals surface area (Å²) in [6.45, 7) is 6.14. The number of aryl methyl sites for hydroxylation is 1. The van der Waals surface area contributed by atoms with E-state index in [9.17, 15) is 4.57 Å². The standard InChI is InChI=1S/C12H19O4P/c1-4-10-6-5-7-11(12(10)9(2)3)8-16-17(13,14)15/h5-7,9H,4,8H2,1-3H3,(H2,13,14,15). The topological polar surface area (TPSA) is 66.8 Å². The van der Waals surface area contributed by atoms with Crippen molar-refractivity contribution in [2.24, 2.45) is 0 Å².